The maximum atomic E-state index is 12.6. The van der Waals surface area contributed by atoms with E-state index >= 15 is 0 Å². The van der Waals surface area contributed by atoms with Crippen LogP contribution in [0.25, 0.3) is 0 Å². The Morgan fingerprint density at radius 3 is 2.36 bits per heavy atom. The van der Waals surface area contributed by atoms with Crippen LogP contribution in [0.15, 0.2) is 59.5 Å². The fourth-order valence-corrected chi connectivity index (χ4v) is 5.73. The van der Waals surface area contributed by atoms with Crippen molar-refractivity contribution in [2.45, 2.75) is 43.2 Å². The van der Waals surface area contributed by atoms with E-state index in [1.807, 2.05) is 12.1 Å². The topological polar surface area (TPSA) is 66.5 Å². The zero-order valence-corrected chi connectivity index (χ0v) is 16.9. The number of nitrogens with one attached hydrogen (secondary N) is 1. The molecule has 0 saturated heterocycles. The molecule has 4 rings (SSSR count). The Bertz CT molecular complexity index is 942. The Labute approximate surface area is 166 Å². The highest BCUT2D eigenvalue weighted by molar-refractivity contribution is 7.89. The van der Waals surface area contributed by atoms with Gasteiger partial charge in [0.05, 0.1) is 4.90 Å². The third-order valence-corrected chi connectivity index (χ3v) is 7.94. The molecule has 2 saturated carbocycles. The molecule has 1 N–H and O–H groups in total. The number of benzene rings is 2. The van der Waals surface area contributed by atoms with E-state index in [1.165, 1.54) is 23.6 Å². The zero-order valence-electron chi connectivity index (χ0n) is 16.0. The molecule has 2 aliphatic carbocycles. The van der Waals surface area contributed by atoms with Crippen molar-refractivity contribution in [3.05, 3.63) is 65.7 Å². The van der Waals surface area contributed by atoms with Crippen LogP contribution in [0.3, 0.4) is 0 Å². The summed E-state index contributed by atoms with van der Waals surface area (Å²) in [6, 6.07) is 15.9. The van der Waals surface area contributed by atoms with Crippen LogP contribution in [0.1, 0.15) is 41.6 Å². The predicted molar refractivity (Wildman–Crippen MR) is 108 cm³/mol. The van der Waals surface area contributed by atoms with Crippen LogP contribution in [0.2, 0.25) is 0 Å². The second-order valence-electron chi connectivity index (χ2n) is 8.03. The highest BCUT2D eigenvalue weighted by atomic mass is 32.2. The average Bonchev–Trinajstić information content (AvgIpc) is 3.32. The van der Waals surface area contributed by atoms with Gasteiger partial charge in [-0.1, -0.05) is 36.8 Å². The van der Waals surface area contributed by atoms with Crippen molar-refractivity contribution in [3.8, 4) is 0 Å². The van der Waals surface area contributed by atoms with Crippen LogP contribution < -0.4 is 5.32 Å². The maximum absolute atomic E-state index is 12.6. The summed E-state index contributed by atoms with van der Waals surface area (Å²) in [7, 11) is -1.96. The second-order valence-corrected chi connectivity index (χ2v) is 10.1. The first-order valence-corrected chi connectivity index (χ1v) is 11.3. The summed E-state index contributed by atoms with van der Waals surface area (Å²) < 4.78 is 26.6. The number of rotatable bonds is 6. The van der Waals surface area contributed by atoms with E-state index in [4.69, 9.17) is 0 Å². The minimum Gasteiger partial charge on any atom is -0.349 e. The highest BCUT2D eigenvalue weighted by Crippen LogP contribution is 2.44. The molecule has 2 fully saturated rings. The Morgan fingerprint density at radius 2 is 1.75 bits per heavy atom. The van der Waals surface area contributed by atoms with Crippen molar-refractivity contribution >= 4 is 15.9 Å². The fourth-order valence-electron chi connectivity index (χ4n) is 4.55. The first-order chi connectivity index (χ1) is 13.4. The highest BCUT2D eigenvalue weighted by Gasteiger charge is 2.40. The quantitative estimate of drug-likeness (QED) is 0.811. The van der Waals surface area contributed by atoms with Crippen LogP contribution in [0.5, 0.6) is 0 Å². The molecule has 2 bridgehead atoms. The smallest absolute Gasteiger partial charge is 0.251 e. The molecule has 2 aromatic rings. The van der Waals surface area contributed by atoms with E-state index in [2.05, 4.69) is 5.32 Å². The minimum absolute atomic E-state index is 0.0330. The Hall–Kier alpha value is -2.18. The molecule has 5 nitrogen and oxygen atoms in total. The number of carbonyl (C=O) groups is 1. The number of nitrogens with zero attached hydrogens (tertiary/aromatic N) is 1. The number of hydrogen-bond donors (Lipinski definition) is 1. The van der Waals surface area contributed by atoms with E-state index in [9.17, 15) is 13.2 Å². The third-order valence-electron chi connectivity index (χ3n) is 6.13. The Kier molecular flexibility index (Phi) is 5.25. The van der Waals surface area contributed by atoms with Gasteiger partial charge in [0, 0.05) is 25.2 Å². The van der Waals surface area contributed by atoms with Crippen LogP contribution in [0, 0.1) is 11.8 Å². The average molecular weight is 399 g/mol. The number of fused-ring (bicyclic) bond motifs is 2. The van der Waals surface area contributed by atoms with E-state index in [-0.39, 0.29) is 17.3 Å². The molecule has 0 unspecified atom stereocenters. The summed E-state index contributed by atoms with van der Waals surface area (Å²) in [6.45, 7) is 0.255. The molecule has 0 aromatic heterocycles. The van der Waals surface area contributed by atoms with E-state index in [0.717, 1.165) is 17.9 Å². The molecular formula is C22H26N2O3S. The number of amides is 1. The lowest BCUT2D eigenvalue weighted by Gasteiger charge is -2.23. The number of sulfonamides is 1. The van der Waals surface area contributed by atoms with Crippen LogP contribution in [0.4, 0.5) is 0 Å². The van der Waals surface area contributed by atoms with Gasteiger partial charge in [-0.25, -0.2) is 8.42 Å². The maximum Gasteiger partial charge on any atom is 0.251 e. The summed E-state index contributed by atoms with van der Waals surface area (Å²) in [4.78, 5) is 12.8. The van der Waals surface area contributed by atoms with Gasteiger partial charge in [0.2, 0.25) is 10.0 Å². The number of carbonyl (C=O) groups excluding carboxylic acids is 1. The van der Waals surface area contributed by atoms with Gasteiger partial charge in [0.15, 0.2) is 0 Å². The van der Waals surface area contributed by atoms with Gasteiger partial charge in [-0.2, -0.15) is 4.31 Å². The van der Waals surface area contributed by atoms with E-state index < -0.39 is 10.0 Å². The van der Waals surface area contributed by atoms with Gasteiger partial charge < -0.3 is 5.32 Å². The van der Waals surface area contributed by atoms with Gasteiger partial charge in [-0.3, -0.25) is 4.79 Å². The Balaban J connectivity index is 1.38. The summed E-state index contributed by atoms with van der Waals surface area (Å²) in [5.74, 6) is 1.40. The minimum atomic E-state index is -3.53. The zero-order chi connectivity index (χ0) is 19.7. The van der Waals surface area contributed by atoms with Crippen molar-refractivity contribution in [1.29, 1.82) is 0 Å². The van der Waals surface area contributed by atoms with E-state index in [0.29, 0.717) is 17.5 Å². The Morgan fingerprint density at radius 1 is 1.04 bits per heavy atom. The molecule has 0 aliphatic heterocycles. The number of hydrogen-bond acceptors (Lipinski definition) is 3. The van der Waals surface area contributed by atoms with Gasteiger partial charge in [-0.15, -0.1) is 0 Å². The molecule has 3 atom stereocenters. The summed E-state index contributed by atoms with van der Waals surface area (Å²) in [5.41, 5.74) is 1.47. The van der Waals surface area contributed by atoms with Crippen molar-refractivity contribution in [2.75, 3.05) is 7.05 Å². The third kappa shape index (κ3) is 3.84. The van der Waals surface area contributed by atoms with Crippen LogP contribution in [-0.4, -0.2) is 31.7 Å². The molecule has 148 valence electrons. The first-order valence-electron chi connectivity index (χ1n) is 9.84. The summed E-state index contributed by atoms with van der Waals surface area (Å²) in [6.07, 6.45) is 4.91. The predicted octanol–water partition coefficient (Wildman–Crippen LogP) is 3.43. The van der Waals surface area contributed by atoms with Crippen molar-refractivity contribution in [2.24, 2.45) is 11.8 Å². The van der Waals surface area contributed by atoms with Gasteiger partial charge in [-0.05, 0) is 60.9 Å². The van der Waals surface area contributed by atoms with Crippen molar-refractivity contribution in [1.82, 2.24) is 9.62 Å². The summed E-state index contributed by atoms with van der Waals surface area (Å²) in [5, 5.41) is 3.19. The van der Waals surface area contributed by atoms with E-state index in [1.54, 1.807) is 49.5 Å². The van der Waals surface area contributed by atoms with Crippen molar-refractivity contribution < 1.29 is 13.2 Å². The normalized spacial score (nSPS) is 23.9. The van der Waals surface area contributed by atoms with Crippen LogP contribution >= 0.6 is 0 Å². The standard InChI is InChI=1S/C22H26N2O3S/c1-24(28(26,27)20-5-3-2-4-6-20)15-16-7-10-18(11-8-16)22(25)23-21-14-17-9-12-19(21)13-17/h2-8,10-11,17,19,21H,9,12-15H2,1H3,(H,23,25)/t17-,19-,21-/m0/s1. The molecule has 0 spiro atoms. The first kappa shape index (κ1) is 19.2. The monoisotopic (exact) mass is 398 g/mol. The SMILES string of the molecule is CN(Cc1ccc(C(=O)N[C@H]2C[C@H]3CC[C@H]2C3)cc1)S(=O)(=O)c1ccccc1. The molecule has 2 aromatic carbocycles. The molecule has 28 heavy (non-hydrogen) atoms. The lowest BCUT2D eigenvalue weighted by atomic mass is 9.95. The molecular weight excluding hydrogens is 372 g/mol. The van der Waals surface area contributed by atoms with Gasteiger partial charge in [0.1, 0.15) is 0 Å². The largest absolute Gasteiger partial charge is 0.349 e. The molecule has 6 heteroatoms. The molecule has 2 aliphatic rings. The van der Waals surface area contributed by atoms with Crippen LogP contribution in [-0.2, 0) is 16.6 Å². The molecule has 0 radical (unpaired) electrons. The summed E-state index contributed by atoms with van der Waals surface area (Å²) >= 11 is 0. The lowest BCUT2D eigenvalue weighted by Crippen LogP contribution is -2.38. The molecule has 0 heterocycles. The van der Waals surface area contributed by atoms with Crippen molar-refractivity contribution in [3.63, 3.8) is 0 Å². The molecule has 1 amide bonds. The second kappa shape index (κ2) is 7.68. The van der Waals surface area contributed by atoms with Gasteiger partial charge in [0.25, 0.3) is 5.91 Å². The lowest BCUT2D eigenvalue weighted by molar-refractivity contribution is 0.0923. The van der Waals surface area contributed by atoms with Gasteiger partial charge >= 0.3 is 0 Å². The fraction of sp³-hybridized carbons (Fsp3) is 0.409.